The maximum atomic E-state index is 10.4. The Kier molecular flexibility index (Phi) is 3.71. The summed E-state index contributed by atoms with van der Waals surface area (Å²) in [5.41, 5.74) is 0.197. The molecule has 0 aromatic carbocycles. The van der Waals surface area contributed by atoms with Crippen molar-refractivity contribution >= 4 is 11.6 Å². The molecule has 1 aromatic heterocycles. The van der Waals surface area contributed by atoms with Gasteiger partial charge in [0.2, 0.25) is 5.95 Å². The van der Waals surface area contributed by atoms with E-state index in [9.17, 15) is 10.1 Å². The molecule has 0 aliphatic heterocycles. The molecule has 7 heteroatoms. The van der Waals surface area contributed by atoms with Crippen LogP contribution in [0.15, 0.2) is 12.4 Å². The van der Waals surface area contributed by atoms with E-state index in [1.54, 1.807) is 7.11 Å². The summed E-state index contributed by atoms with van der Waals surface area (Å²) in [5, 5.41) is 13.6. The number of anilines is 1. The molecular weight excluding hydrogens is 236 g/mol. The minimum absolute atomic E-state index is 0.0962. The first-order valence-corrected chi connectivity index (χ1v) is 5.84. The number of nitrogens with zero attached hydrogens (tertiary/aromatic N) is 3. The van der Waals surface area contributed by atoms with Gasteiger partial charge in [0.15, 0.2) is 0 Å². The number of aromatic nitrogens is 2. The molecule has 0 spiro atoms. The average molecular weight is 252 g/mol. The third-order valence-electron chi connectivity index (χ3n) is 3.26. The van der Waals surface area contributed by atoms with Crippen LogP contribution in [0, 0.1) is 15.5 Å². The maximum Gasteiger partial charge on any atom is 0.305 e. The van der Waals surface area contributed by atoms with Crippen LogP contribution >= 0.6 is 0 Å². The first-order valence-electron chi connectivity index (χ1n) is 5.84. The van der Waals surface area contributed by atoms with Crippen LogP contribution in [0.3, 0.4) is 0 Å². The van der Waals surface area contributed by atoms with Crippen LogP contribution in [0.4, 0.5) is 11.6 Å². The van der Waals surface area contributed by atoms with Crippen molar-refractivity contribution in [2.75, 3.05) is 25.6 Å². The summed E-state index contributed by atoms with van der Waals surface area (Å²) in [4.78, 5) is 17.8. The topological polar surface area (TPSA) is 90.2 Å². The van der Waals surface area contributed by atoms with Gasteiger partial charge in [-0.2, -0.15) is 0 Å². The largest absolute Gasteiger partial charge is 0.385 e. The minimum Gasteiger partial charge on any atom is -0.385 e. The Bertz CT molecular complexity index is 417. The fourth-order valence-corrected chi connectivity index (χ4v) is 1.78. The van der Waals surface area contributed by atoms with E-state index in [0.29, 0.717) is 11.4 Å². The highest BCUT2D eigenvalue weighted by molar-refractivity contribution is 5.31. The molecule has 0 amide bonds. The van der Waals surface area contributed by atoms with Crippen LogP contribution < -0.4 is 5.32 Å². The number of ether oxygens (including phenoxy) is 1. The van der Waals surface area contributed by atoms with Gasteiger partial charge in [-0.25, -0.2) is 9.97 Å². The van der Waals surface area contributed by atoms with Gasteiger partial charge in [-0.05, 0) is 24.7 Å². The van der Waals surface area contributed by atoms with Crippen LogP contribution in [0.1, 0.15) is 19.3 Å². The number of hydrogen-bond acceptors (Lipinski definition) is 6. The highest BCUT2D eigenvalue weighted by atomic mass is 16.6. The van der Waals surface area contributed by atoms with Gasteiger partial charge in [0.1, 0.15) is 12.4 Å². The summed E-state index contributed by atoms with van der Waals surface area (Å²) in [6.45, 7) is 1.54. The lowest BCUT2D eigenvalue weighted by Crippen LogP contribution is -2.18. The maximum absolute atomic E-state index is 10.4. The zero-order valence-corrected chi connectivity index (χ0v) is 10.3. The van der Waals surface area contributed by atoms with Gasteiger partial charge in [0, 0.05) is 20.3 Å². The molecule has 1 heterocycles. The molecule has 0 atom stereocenters. The molecule has 1 aromatic rings. The Hall–Kier alpha value is -1.76. The van der Waals surface area contributed by atoms with Crippen molar-refractivity contribution in [3.8, 4) is 0 Å². The molecule has 98 valence electrons. The fourth-order valence-electron chi connectivity index (χ4n) is 1.78. The van der Waals surface area contributed by atoms with E-state index in [1.165, 1.54) is 25.2 Å². The van der Waals surface area contributed by atoms with E-state index >= 15 is 0 Å². The Morgan fingerprint density at radius 3 is 2.67 bits per heavy atom. The molecule has 0 unspecified atom stereocenters. The predicted molar refractivity (Wildman–Crippen MR) is 65.3 cm³/mol. The molecule has 18 heavy (non-hydrogen) atoms. The van der Waals surface area contributed by atoms with E-state index in [4.69, 9.17) is 4.74 Å². The number of rotatable bonds is 7. The third-order valence-corrected chi connectivity index (χ3v) is 3.26. The van der Waals surface area contributed by atoms with E-state index in [0.717, 1.165) is 19.6 Å². The highest BCUT2D eigenvalue weighted by Crippen LogP contribution is 2.48. The quantitative estimate of drug-likeness (QED) is 0.585. The fraction of sp³-hybridized carbons (Fsp3) is 0.636. The Labute approximate surface area is 105 Å². The Morgan fingerprint density at radius 1 is 1.50 bits per heavy atom. The van der Waals surface area contributed by atoms with Crippen molar-refractivity contribution in [1.29, 1.82) is 0 Å². The molecule has 1 N–H and O–H groups in total. The lowest BCUT2D eigenvalue weighted by Gasteiger charge is -2.14. The van der Waals surface area contributed by atoms with E-state index < -0.39 is 4.92 Å². The molecule has 1 aliphatic carbocycles. The minimum atomic E-state index is -0.509. The van der Waals surface area contributed by atoms with E-state index in [2.05, 4.69) is 15.3 Å². The summed E-state index contributed by atoms with van der Waals surface area (Å²) in [5.74, 6) is 0.435. The molecule has 1 saturated carbocycles. The molecule has 0 bridgehead atoms. The lowest BCUT2D eigenvalue weighted by molar-refractivity contribution is -0.385. The second kappa shape index (κ2) is 5.26. The molecule has 0 saturated heterocycles. The first-order chi connectivity index (χ1) is 8.65. The van der Waals surface area contributed by atoms with Gasteiger partial charge < -0.3 is 10.1 Å². The highest BCUT2D eigenvalue weighted by Gasteiger charge is 2.41. The van der Waals surface area contributed by atoms with Crippen molar-refractivity contribution in [3.63, 3.8) is 0 Å². The lowest BCUT2D eigenvalue weighted by atomic mass is 10.0. The summed E-state index contributed by atoms with van der Waals surface area (Å²) in [7, 11) is 1.70. The number of methoxy groups -OCH3 is 1. The summed E-state index contributed by atoms with van der Waals surface area (Å²) in [6.07, 6.45) is 5.80. The van der Waals surface area contributed by atoms with Gasteiger partial charge in [-0.3, -0.25) is 10.1 Å². The third kappa shape index (κ3) is 3.13. The van der Waals surface area contributed by atoms with Crippen LogP contribution in [0.2, 0.25) is 0 Å². The smallest absolute Gasteiger partial charge is 0.305 e. The van der Waals surface area contributed by atoms with Crippen LogP contribution in [0.25, 0.3) is 0 Å². The van der Waals surface area contributed by atoms with Crippen LogP contribution in [-0.2, 0) is 4.74 Å². The zero-order chi connectivity index (χ0) is 13.0. The van der Waals surface area contributed by atoms with Gasteiger partial charge in [-0.15, -0.1) is 0 Å². The first kappa shape index (κ1) is 12.7. The van der Waals surface area contributed by atoms with Crippen LogP contribution in [-0.4, -0.2) is 35.2 Å². The van der Waals surface area contributed by atoms with Gasteiger partial charge >= 0.3 is 5.69 Å². The number of nitro groups is 1. The second-order valence-electron chi connectivity index (χ2n) is 4.62. The van der Waals surface area contributed by atoms with Crippen molar-refractivity contribution in [3.05, 3.63) is 22.5 Å². The molecule has 7 nitrogen and oxygen atoms in total. The van der Waals surface area contributed by atoms with Crippen LogP contribution in [0.5, 0.6) is 0 Å². The molecule has 2 rings (SSSR count). The van der Waals surface area contributed by atoms with E-state index in [-0.39, 0.29) is 5.69 Å². The summed E-state index contributed by atoms with van der Waals surface area (Å²) >= 11 is 0. The second-order valence-corrected chi connectivity index (χ2v) is 4.62. The van der Waals surface area contributed by atoms with E-state index in [1.807, 2.05) is 0 Å². The monoisotopic (exact) mass is 252 g/mol. The van der Waals surface area contributed by atoms with Gasteiger partial charge in [0.25, 0.3) is 0 Å². The SMILES string of the molecule is COCCC1(CNc2ncc([N+](=O)[O-])cn2)CC1. The molecular formula is C11H16N4O3. The van der Waals surface area contributed by atoms with Crippen molar-refractivity contribution in [2.45, 2.75) is 19.3 Å². The van der Waals surface area contributed by atoms with Crippen molar-refractivity contribution < 1.29 is 9.66 Å². The average Bonchev–Trinajstić information content (AvgIpc) is 3.15. The van der Waals surface area contributed by atoms with Crippen molar-refractivity contribution in [1.82, 2.24) is 9.97 Å². The number of hydrogen-bond donors (Lipinski definition) is 1. The summed E-state index contributed by atoms with van der Waals surface area (Å²) in [6, 6.07) is 0. The Balaban J connectivity index is 1.85. The van der Waals surface area contributed by atoms with Gasteiger partial charge in [-0.1, -0.05) is 0 Å². The molecule has 0 radical (unpaired) electrons. The standard InChI is InChI=1S/C11H16N4O3/c1-18-5-4-11(2-3-11)8-14-10-12-6-9(7-13-10)15(16)17/h6-7H,2-5,8H2,1H3,(H,12,13,14). The molecule has 1 fully saturated rings. The Morgan fingerprint density at radius 2 is 2.17 bits per heavy atom. The predicted octanol–water partition coefficient (Wildman–Crippen LogP) is 1.61. The number of nitrogens with one attached hydrogen (secondary N) is 1. The van der Waals surface area contributed by atoms with Crippen molar-refractivity contribution in [2.24, 2.45) is 5.41 Å². The zero-order valence-electron chi connectivity index (χ0n) is 10.3. The normalized spacial score (nSPS) is 16.3. The summed E-state index contributed by atoms with van der Waals surface area (Å²) < 4.78 is 5.08. The molecule has 1 aliphatic rings. The van der Waals surface area contributed by atoms with Gasteiger partial charge in [0.05, 0.1) is 4.92 Å².